The van der Waals surface area contributed by atoms with E-state index in [9.17, 15) is 20.1 Å². The van der Waals surface area contributed by atoms with Crippen LogP contribution in [0.1, 0.15) is 45.9 Å². The van der Waals surface area contributed by atoms with Gasteiger partial charge in [-0.1, -0.05) is 194 Å². The first-order valence-corrected chi connectivity index (χ1v) is 29.8. The Labute approximate surface area is 514 Å². The van der Waals surface area contributed by atoms with Crippen LogP contribution in [-0.4, -0.2) is 140 Å². The Kier molecular flexibility index (Phi) is 24.2. The summed E-state index contributed by atoms with van der Waals surface area (Å²) in [6, 6.07) is 63.9. The minimum atomic E-state index is -1.60. The molecule has 0 spiro atoms. The lowest BCUT2D eigenvalue weighted by Gasteiger charge is -2.51. The van der Waals surface area contributed by atoms with Crippen LogP contribution in [0, 0.1) is 0 Å². The van der Waals surface area contributed by atoms with Gasteiger partial charge in [0.15, 0.2) is 18.9 Å². The molecule has 88 heavy (non-hydrogen) atoms. The zero-order chi connectivity index (χ0) is 60.9. The van der Waals surface area contributed by atoms with Crippen molar-refractivity contribution in [3.63, 3.8) is 0 Å². The van der Waals surface area contributed by atoms with Gasteiger partial charge in [0.25, 0.3) is 0 Å². The van der Waals surface area contributed by atoms with Gasteiger partial charge in [-0.3, -0.25) is 4.79 Å². The van der Waals surface area contributed by atoms with Crippen LogP contribution >= 0.6 is 0 Å². The molecule has 3 fully saturated rings. The standard InChI is InChI=1S/C70H79NO17/c1-47(72)71-59-61(74)60(73)56(44-77-39-54-33-35-55(76-2)36-34-54)85-69(59)87-63-58(46-79-38-49-23-11-4-12-24-49)86-70(67(83-43-53-31-19-8-20-32-53)65(63)81-41-51-27-15-6-16-28-51)88-62-57(45-78-37-48-21-9-3-10-22-48)84-68(75)66(82-42-52-29-17-7-18-30-52)64(62)80-40-50-25-13-5-14-26-50/h3-36,56-70,73-75H,37-46H2,1-2H3,(H,71,72)/t56-,57-,58-,59-,60+,61-,62-,63+,64+,65+,66-,67-,68-,69+,70+/m1/s1. The molecule has 3 heterocycles. The Balaban J connectivity index is 1.04. The average molecular weight is 1210 g/mol. The first-order valence-electron chi connectivity index (χ1n) is 29.8. The van der Waals surface area contributed by atoms with Crippen LogP contribution in [0.25, 0.3) is 0 Å². The molecule has 7 aromatic rings. The average Bonchev–Trinajstić information content (AvgIpc) is 1.27. The van der Waals surface area contributed by atoms with Crippen molar-refractivity contribution in [2.75, 3.05) is 26.9 Å². The van der Waals surface area contributed by atoms with Gasteiger partial charge in [-0.05, 0) is 51.1 Å². The first kappa shape index (κ1) is 64.2. The largest absolute Gasteiger partial charge is 0.497 e. The topological polar surface area (TPSA) is 210 Å². The molecule has 4 N–H and O–H groups in total. The van der Waals surface area contributed by atoms with Crippen LogP contribution in [-0.2, 0) is 108 Å². The molecule has 15 atom stereocenters. The summed E-state index contributed by atoms with van der Waals surface area (Å²) in [6.45, 7) is 1.72. The third-order valence-corrected chi connectivity index (χ3v) is 15.5. The minimum absolute atomic E-state index is 0.0367. The van der Waals surface area contributed by atoms with Gasteiger partial charge in [0.1, 0.15) is 78.9 Å². The van der Waals surface area contributed by atoms with Crippen molar-refractivity contribution in [1.82, 2.24) is 5.32 Å². The van der Waals surface area contributed by atoms with Crippen LogP contribution in [0.15, 0.2) is 206 Å². The molecule has 3 aliphatic heterocycles. The molecular formula is C70H79NO17. The second kappa shape index (κ2) is 33.2. The van der Waals surface area contributed by atoms with E-state index in [1.165, 1.54) is 6.92 Å². The Hall–Kier alpha value is -6.79. The first-order chi connectivity index (χ1) is 43.1. The lowest BCUT2D eigenvalue weighted by atomic mass is 9.94. The maximum Gasteiger partial charge on any atom is 0.217 e. The van der Waals surface area contributed by atoms with Gasteiger partial charge in [0, 0.05) is 6.92 Å². The van der Waals surface area contributed by atoms with E-state index in [0.717, 1.165) is 38.9 Å². The summed E-state index contributed by atoms with van der Waals surface area (Å²) >= 11 is 0. The van der Waals surface area contributed by atoms with Crippen molar-refractivity contribution < 1.29 is 81.7 Å². The zero-order valence-electron chi connectivity index (χ0n) is 49.4. The van der Waals surface area contributed by atoms with E-state index >= 15 is 0 Å². The quantitative estimate of drug-likeness (QED) is 0.0335. The lowest BCUT2D eigenvalue weighted by Crippen LogP contribution is -2.69. The number of carbonyl (C=O) groups excluding carboxylic acids is 1. The monoisotopic (exact) mass is 1210 g/mol. The molecule has 466 valence electrons. The summed E-state index contributed by atoms with van der Waals surface area (Å²) in [5.74, 6) is 0.164. The van der Waals surface area contributed by atoms with Crippen LogP contribution in [0.4, 0.5) is 0 Å². The highest BCUT2D eigenvalue weighted by atomic mass is 16.8. The van der Waals surface area contributed by atoms with Gasteiger partial charge in [-0.15, -0.1) is 0 Å². The van der Waals surface area contributed by atoms with E-state index < -0.39 is 98.0 Å². The van der Waals surface area contributed by atoms with Crippen molar-refractivity contribution in [1.29, 1.82) is 0 Å². The molecular weight excluding hydrogens is 1130 g/mol. The van der Waals surface area contributed by atoms with Crippen molar-refractivity contribution in [3.8, 4) is 5.75 Å². The maximum atomic E-state index is 13.1. The summed E-state index contributed by atoms with van der Waals surface area (Å²) < 4.78 is 87.5. The zero-order valence-corrected chi connectivity index (χ0v) is 49.4. The fourth-order valence-corrected chi connectivity index (χ4v) is 10.9. The van der Waals surface area contributed by atoms with E-state index in [1.54, 1.807) is 7.11 Å². The number of aliphatic hydroxyl groups is 3. The van der Waals surface area contributed by atoms with Crippen LogP contribution in [0.3, 0.4) is 0 Å². The fraction of sp³-hybridized carbons (Fsp3) is 0.386. The van der Waals surface area contributed by atoms with Gasteiger partial charge in [-0.25, -0.2) is 0 Å². The number of carbonyl (C=O) groups is 1. The van der Waals surface area contributed by atoms with Crippen molar-refractivity contribution >= 4 is 5.91 Å². The number of nitrogens with one attached hydrogen (secondary N) is 1. The Bertz CT molecular complexity index is 3090. The lowest BCUT2D eigenvalue weighted by molar-refractivity contribution is -0.385. The highest BCUT2D eigenvalue weighted by molar-refractivity contribution is 5.73. The van der Waals surface area contributed by atoms with Crippen LogP contribution < -0.4 is 10.1 Å². The Morgan fingerprint density at radius 1 is 0.386 bits per heavy atom. The molecule has 18 nitrogen and oxygen atoms in total. The highest BCUT2D eigenvalue weighted by Gasteiger charge is 2.56. The molecule has 1 amide bonds. The molecule has 0 radical (unpaired) electrons. The number of aliphatic hydroxyl groups excluding tert-OH is 3. The number of ether oxygens (including phenoxy) is 13. The van der Waals surface area contributed by atoms with Gasteiger partial charge >= 0.3 is 0 Å². The molecule has 0 aromatic heterocycles. The van der Waals surface area contributed by atoms with Crippen molar-refractivity contribution in [3.05, 3.63) is 245 Å². The fourth-order valence-electron chi connectivity index (χ4n) is 10.9. The number of hydrogen-bond donors (Lipinski definition) is 4. The molecule has 0 bridgehead atoms. The highest BCUT2D eigenvalue weighted by Crippen LogP contribution is 2.38. The molecule has 18 heteroatoms. The second-order valence-electron chi connectivity index (χ2n) is 22.0. The number of hydrogen-bond acceptors (Lipinski definition) is 17. The Morgan fingerprint density at radius 3 is 1.15 bits per heavy atom. The molecule has 3 saturated heterocycles. The molecule has 0 aliphatic carbocycles. The predicted molar refractivity (Wildman–Crippen MR) is 322 cm³/mol. The number of methoxy groups -OCH3 is 1. The van der Waals surface area contributed by atoms with Gasteiger partial charge < -0.3 is 82.2 Å². The van der Waals surface area contributed by atoms with Crippen molar-refractivity contribution in [2.45, 2.75) is 145 Å². The third-order valence-electron chi connectivity index (χ3n) is 15.5. The van der Waals surface area contributed by atoms with Gasteiger partial charge in [0.05, 0.1) is 73.2 Å². The smallest absolute Gasteiger partial charge is 0.217 e. The number of rotatable bonds is 30. The number of amides is 1. The van der Waals surface area contributed by atoms with Crippen LogP contribution in [0.5, 0.6) is 5.75 Å². The van der Waals surface area contributed by atoms with E-state index in [1.807, 2.05) is 206 Å². The summed E-state index contributed by atoms with van der Waals surface area (Å²) in [5.41, 5.74) is 5.98. The third kappa shape index (κ3) is 18.2. The van der Waals surface area contributed by atoms with E-state index in [2.05, 4.69) is 5.32 Å². The summed E-state index contributed by atoms with van der Waals surface area (Å²) in [4.78, 5) is 13.1. The van der Waals surface area contributed by atoms with Crippen LogP contribution in [0.2, 0.25) is 0 Å². The minimum Gasteiger partial charge on any atom is -0.497 e. The molecule has 3 aliphatic rings. The summed E-state index contributed by atoms with van der Waals surface area (Å²) in [5, 5.41) is 38.7. The normalized spacial score (nSPS) is 27.1. The molecule has 0 unspecified atom stereocenters. The van der Waals surface area contributed by atoms with Gasteiger partial charge in [-0.2, -0.15) is 0 Å². The van der Waals surface area contributed by atoms with Crippen molar-refractivity contribution in [2.24, 2.45) is 0 Å². The van der Waals surface area contributed by atoms with Gasteiger partial charge in [0.2, 0.25) is 5.91 Å². The van der Waals surface area contributed by atoms with E-state index in [0.29, 0.717) is 5.75 Å². The summed E-state index contributed by atoms with van der Waals surface area (Å²) in [6.07, 6.45) is -17.5. The number of benzene rings is 7. The maximum absolute atomic E-state index is 13.1. The molecule has 0 saturated carbocycles. The SMILES string of the molecule is COc1ccc(COC[C@H]2O[C@@H](O[C@@H]3[C@H](OCc4ccccc4)[C@@H](OCc4ccccc4)[C@H](O[C@H]4[C@H](OCc5ccccc5)[C@@H](OCc5ccccc5)[C@H](O)O[C@@H]4COCc4ccccc4)O[C@@H]3COCc3ccccc3)[C@H](NC(C)=O)[C@@H](O)[C@H]2O)cc1. The van der Waals surface area contributed by atoms with E-state index in [-0.39, 0.29) is 66.1 Å². The summed E-state index contributed by atoms with van der Waals surface area (Å²) in [7, 11) is 1.59. The van der Waals surface area contributed by atoms with E-state index in [4.69, 9.17) is 61.6 Å². The Morgan fingerprint density at radius 2 is 0.727 bits per heavy atom. The molecule has 10 rings (SSSR count). The predicted octanol–water partition coefficient (Wildman–Crippen LogP) is 8.15. The second-order valence-corrected chi connectivity index (χ2v) is 22.0. The molecule has 7 aromatic carbocycles.